The van der Waals surface area contributed by atoms with Crippen LogP contribution in [-0.4, -0.2) is 41.6 Å². The molecule has 0 aliphatic carbocycles. The largest absolute Gasteiger partial charge is 0.486 e. The first-order valence-electron chi connectivity index (χ1n) is 9.13. The molecule has 1 unspecified atom stereocenters. The second kappa shape index (κ2) is 7.31. The molecule has 2 aliphatic rings. The topological polar surface area (TPSA) is 76.1 Å². The maximum absolute atomic E-state index is 12.9. The normalized spacial score (nSPS) is 18.4. The Bertz CT molecular complexity index is 879. The highest BCUT2D eigenvalue weighted by Crippen LogP contribution is 2.38. The number of ether oxygens (including phenoxy) is 2. The molecule has 2 aromatic carbocycles. The minimum atomic E-state index is -1.01. The van der Waals surface area contributed by atoms with Gasteiger partial charge >= 0.3 is 5.97 Å². The SMILES string of the molecule is O=C(O)c1ccccc1CC(=O)N1CCCC1c1ccc2c(c1)OCCO2. The van der Waals surface area contributed by atoms with Crippen molar-refractivity contribution >= 4 is 11.9 Å². The van der Waals surface area contributed by atoms with E-state index in [1.165, 1.54) is 6.07 Å². The number of carbonyl (C=O) groups is 2. The average molecular weight is 367 g/mol. The van der Waals surface area contributed by atoms with Crippen LogP contribution in [0.5, 0.6) is 11.5 Å². The fourth-order valence-electron chi connectivity index (χ4n) is 3.83. The van der Waals surface area contributed by atoms with Crippen molar-refractivity contribution in [2.24, 2.45) is 0 Å². The predicted octanol–water partition coefficient (Wildman–Crippen LogP) is 3.06. The molecule has 2 aliphatic heterocycles. The number of carboxylic acid groups (broad SMARTS) is 1. The predicted molar refractivity (Wildman–Crippen MR) is 98.2 cm³/mol. The average Bonchev–Trinajstić information content (AvgIpc) is 3.18. The van der Waals surface area contributed by atoms with Crippen molar-refractivity contribution in [3.8, 4) is 11.5 Å². The summed E-state index contributed by atoms with van der Waals surface area (Å²) in [5.74, 6) is 0.384. The van der Waals surface area contributed by atoms with E-state index in [1.54, 1.807) is 18.2 Å². The van der Waals surface area contributed by atoms with Gasteiger partial charge < -0.3 is 19.5 Å². The van der Waals surface area contributed by atoms with Crippen LogP contribution in [0, 0.1) is 0 Å². The molecule has 27 heavy (non-hydrogen) atoms. The quantitative estimate of drug-likeness (QED) is 0.899. The Morgan fingerprint density at radius 3 is 2.67 bits per heavy atom. The van der Waals surface area contributed by atoms with Crippen molar-refractivity contribution in [3.05, 3.63) is 59.2 Å². The van der Waals surface area contributed by atoms with Crippen LogP contribution in [0.15, 0.2) is 42.5 Å². The number of likely N-dealkylation sites (tertiary alicyclic amines) is 1. The zero-order valence-corrected chi connectivity index (χ0v) is 14.9. The molecule has 1 fully saturated rings. The minimum Gasteiger partial charge on any atom is -0.486 e. The molecule has 4 rings (SSSR count). The number of carboxylic acids is 1. The molecule has 0 aromatic heterocycles. The van der Waals surface area contributed by atoms with Gasteiger partial charge in [0.2, 0.25) is 5.91 Å². The summed E-state index contributed by atoms with van der Waals surface area (Å²) in [6, 6.07) is 12.5. The third kappa shape index (κ3) is 3.47. The molecule has 1 amide bonds. The van der Waals surface area contributed by atoms with E-state index in [1.807, 2.05) is 23.1 Å². The molecule has 2 heterocycles. The molecule has 2 aromatic rings. The number of hydrogen-bond acceptors (Lipinski definition) is 4. The molecule has 1 atom stereocenters. The van der Waals surface area contributed by atoms with Crippen LogP contribution in [0.2, 0.25) is 0 Å². The lowest BCUT2D eigenvalue weighted by atomic mass is 10.0. The van der Waals surface area contributed by atoms with Gasteiger partial charge in [-0.05, 0) is 42.2 Å². The summed E-state index contributed by atoms with van der Waals surface area (Å²) in [4.78, 5) is 26.2. The van der Waals surface area contributed by atoms with Gasteiger partial charge in [0.1, 0.15) is 13.2 Å². The molecule has 1 saturated heterocycles. The minimum absolute atomic E-state index is 0.0229. The fourth-order valence-corrected chi connectivity index (χ4v) is 3.83. The van der Waals surface area contributed by atoms with Crippen LogP contribution in [0.25, 0.3) is 0 Å². The van der Waals surface area contributed by atoms with E-state index in [0.29, 0.717) is 31.1 Å². The van der Waals surface area contributed by atoms with Crippen LogP contribution in [-0.2, 0) is 11.2 Å². The van der Waals surface area contributed by atoms with Crippen molar-refractivity contribution < 1.29 is 24.2 Å². The standard InChI is InChI=1S/C21H21NO5/c23-20(13-14-4-1-2-5-16(14)21(24)25)22-9-3-6-17(22)15-7-8-18-19(12-15)27-11-10-26-18/h1-2,4-5,7-8,12,17H,3,6,9-11,13H2,(H,24,25). The third-order valence-corrected chi connectivity index (χ3v) is 5.11. The van der Waals surface area contributed by atoms with E-state index in [0.717, 1.165) is 24.2 Å². The lowest BCUT2D eigenvalue weighted by molar-refractivity contribution is -0.131. The Balaban J connectivity index is 1.55. The van der Waals surface area contributed by atoms with Gasteiger partial charge in [0.25, 0.3) is 0 Å². The molecule has 6 heteroatoms. The monoisotopic (exact) mass is 367 g/mol. The van der Waals surface area contributed by atoms with E-state index in [2.05, 4.69) is 0 Å². The Kier molecular flexibility index (Phi) is 4.71. The Hall–Kier alpha value is -3.02. The van der Waals surface area contributed by atoms with Gasteiger partial charge in [-0.15, -0.1) is 0 Å². The second-order valence-electron chi connectivity index (χ2n) is 6.79. The van der Waals surface area contributed by atoms with E-state index < -0.39 is 5.97 Å². The lowest BCUT2D eigenvalue weighted by Gasteiger charge is -2.27. The van der Waals surface area contributed by atoms with Crippen LogP contribution in [0.4, 0.5) is 0 Å². The first kappa shape index (κ1) is 17.4. The number of carbonyl (C=O) groups excluding carboxylic acids is 1. The smallest absolute Gasteiger partial charge is 0.335 e. The number of benzene rings is 2. The van der Waals surface area contributed by atoms with E-state index in [-0.39, 0.29) is 23.9 Å². The van der Waals surface area contributed by atoms with E-state index in [4.69, 9.17) is 9.47 Å². The maximum Gasteiger partial charge on any atom is 0.335 e. The van der Waals surface area contributed by atoms with Gasteiger partial charge in [-0.3, -0.25) is 4.79 Å². The molecule has 6 nitrogen and oxygen atoms in total. The van der Waals surface area contributed by atoms with Crippen LogP contribution in [0.1, 0.15) is 40.4 Å². The van der Waals surface area contributed by atoms with Crippen molar-refractivity contribution in [3.63, 3.8) is 0 Å². The highest BCUT2D eigenvalue weighted by molar-refractivity contribution is 5.91. The molecular formula is C21H21NO5. The molecule has 1 N–H and O–H groups in total. The molecule has 0 saturated carbocycles. The number of hydrogen-bond donors (Lipinski definition) is 1. The number of amides is 1. The highest BCUT2D eigenvalue weighted by Gasteiger charge is 2.31. The number of fused-ring (bicyclic) bond motifs is 1. The zero-order chi connectivity index (χ0) is 18.8. The maximum atomic E-state index is 12.9. The summed E-state index contributed by atoms with van der Waals surface area (Å²) in [6.45, 7) is 1.74. The van der Waals surface area contributed by atoms with Crippen molar-refractivity contribution in [1.29, 1.82) is 0 Å². The van der Waals surface area contributed by atoms with Gasteiger partial charge in [0.15, 0.2) is 11.5 Å². The summed E-state index contributed by atoms with van der Waals surface area (Å²) in [6.07, 6.45) is 1.89. The second-order valence-corrected chi connectivity index (χ2v) is 6.79. The van der Waals surface area contributed by atoms with Crippen molar-refractivity contribution in [2.45, 2.75) is 25.3 Å². The summed E-state index contributed by atoms with van der Waals surface area (Å²) in [5, 5.41) is 9.34. The molecule has 0 radical (unpaired) electrons. The molecular weight excluding hydrogens is 346 g/mol. The summed E-state index contributed by atoms with van der Waals surface area (Å²) in [7, 11) is 0. The van der Waals surface area contributed by atoms with Gasteiger partial charge in [-0.25, -0.2) is 4.79 Å². The molecule has 0 bridgehead atoms. The van der Waals surface area contributed by atoms with Crippen molar-refractivity contribution in [1.82, 2.24) is 4.90 Å². The van der Waals surface area contributed by atoms with Crippen LogP contribution >= 0.6 is 0 Å². The first-order chi connectivity index (χ1) is 13.1. The van der Waals surface area contributed by atoms with Gasteiger partial charge in [0.05, 0.1) is 18.0 Å². The van der Waals surface area contributed by atoms with Gasteiger partial charge in [0, 0.05) is 6.54 Å². The summed E-state index contributed by atoms with van der Waals surface area (Å²) >= 11 is 0. The highest BCUT2D eigenvalue weighted by atomic mass is 16.6. The Morgan fingerprint density at radius 1 is 1.07 bits per heavy atom. The molecule has 0 spiro atoms. The van der Waals surface area contributed by atoms with Crippen molar-refractivity contribution in [2.75, 3.05) is 19.8 Å². The summed E-state index contributed by atoms with van der Waals surface area (Å²) < 4.78 is 11.2. The first-order valence-corrected chi connectivity index (χ1v) is 9.13. The van der Waals surface area contributed by atoms with Crippen LogP contribution < -0.4 is 9.47 Å². The fraction of sp³-hybridized carbons (Fsp3) is 0.333. The summed E-state index contributed by atoms with van der Waals surface area (Å²) in [5.41, 5.74) is 1.75. The Morgan fingerprint density at radius 2 is 1.85 bits per heavy atom. The number of nitrogens with zero attached hydrogens (tertiary/aromatic N) is 1. The van der Waals surface area contributed by atoms with E-state index >= 15 is 0 Å². The third-order valence-electron chi connectivity index (χ3n) is 5.11. The Labute approximate surface area is 157 Å². The number of aromatic carboxylic acids is 1. The van der Waals surface area contributed by atoms with E-state index in [9.17, 15) is 14.7 Å². The van der Waals surface area contributed by atoms with Gasteiger partial charge in [-0.1, -0.05) is 24.3 Å². The zero-order valence-electron chi connectivity index (χ0n) is 14.9. The molecule has 140 valence electrons. The van der Waals surface area contributed by atoms with Crippen LogP contribution in [0.3, 0.4) is 0 Å². The number of rotatable bonds is 4. The van der Waals surface area contributed by atoms with Gasteiger partial charge in [-0.2, -0.15) is 0 Å². The lowest BCUT2D eigenvalue weighted by Crippen LogP contribution is -2.32.